The van der Waals surface area contributed by atoms with Crippen molar-refractivity contribution in [1.29, 1.82) is 0 Å². The van der Waals surface area contributed by atoms with Gasteiger partial charge in [0, 0.05) is 12.4 Å². The van der Waals surface area contributed by atoms with Crippen molar-refractivity contribution in [2.45, 2.75) is 20.3 Å². The van der Waals surface area contributed by atoms with Gasteiger partial charge in [0.2, 0.25) is 5.91 Å². The van der Waals surface area contributed by atoms with Crippen LogP contribution in [0.25, 0.3) is 0 Å². The minimum Gasteiger partial charge on any atom is -0.276 e. The Morgan fingerprint density at radius 3 is 2.81 bits per heavy atom. The molecule has 0 bridgehead atoms. The number of aromatic nitrogens is 2. The zero-order valence-corrected chi connectivity index (χ0v) is 9.47. The average Bonchev–Trinajstić information content (AvgIpc) is 2.75. The third-order valence-corrected chi connectivity index (χ3v) is 2.63. The summed E-state index contributed by atoms with van der Waals surface area (Å²) in [6.45, 7) is 4.08. The van der Waals surface area contributed by atoms with Crippen molar-refractivity contribution in [3.8, 4) is 0 Å². The number of hydrogen-bond donors (Lipinski definition) is 0. The molecule has 0 aliphatic heterocycles. The molecule has 2 rings (SSSR count). The quantitative estimate of drug-likeness (QED) is 0.769. The summed E-state index contributed by atoms with van der Waals surface area (Å²) >= 11 is 0. The van der Waals surface area contributed by atoms with Gasteiger partial charge in [0.25, 0.3) is 0 Å². The monoisotopic (exact) mass is 214 g/mol. The van der Waals surface area contributed by atoms with Crippen LogP contribution in [-0.4, -0.2) is 15.5 Å². The molecule has 1 aromatic heterocycles. The largest absolute Gasteiger partial charge is 0.276 e. The third kappa shape index (κ3) is 2.19. The Kier molecular flexibility index (Phi) is 2.86. The molecule has 82 valence electrons. The lowest BCUT2D eigenvalue weighted by Crippen LogP contribution is -2.12. The molecule has 0 radical (unpaired) electrons. The second kappa shape index (κ2) is 4.31. The Labute approximate surface area is 94.7 Å². The van der Waals surface area contributed by atoms with Gasteiger partial charge in [-0.05, 0) is 25.0 Å². The lowest BCUT2D eigenvalue weighted by Gasteiger charge is -2.06. The number of carbonyl (C=O) groups excluding carboxylic acids is 1. The predicted molar refractivity (Wildman–Crippen MR) is 62.5 cm³/mol. The number of rotatable bonds is 2. The van der Waals surface area contributed by atoms with Gasteiger partial charge in [-0.2, -0.15) is 0 Å². The van der Waals surface area contributed by atoms with Crippen molar-refractivity contribution in [3.63, 3.8) is 0 Å². The summed E-state index contributed by atoms with van der Waals surface area (Å²) in [7, 11) is 0. The SMILES string of the molecule is Cc1ccc(CC(=O)n2ccnc2)c(C)c1. The molecule has 0 atom stereocenters. The lowest BCUT2D eigenvalue weighted by molar-refractivity contribution is 0.0913. The fourth-order valence-corrected chi connectivity index (χ4v) is 1.71. The molecule has 0 spiro atoms. The van der Waals surface area contributed by atoms with Crippen LogP contribution in [-0.2, 0) is 6.42 Å². The summed E-state index contributed by atoms with van der Waals surface area (Å²) in [5, 5.41) is 0. The maximum atomic E-state index is 11.8. The van der Waals surface area contributed by atoms with E-state index in [-0.39, 0.29) is 5.91 Å². The van der Waals surface area contributed by atoms with Crippen LogP contribution in [0.5, 0.6) is 0 Å². The van der Waals surface area contributed by atoms with Crippen LogP contribution in [0.4, 0.5) is 0 Å². The molecule has 0 fully saturated rings. The first kappa shape index (κ1) is 10.6. The van der Waals surface area contributed by atoms with Gasteiger partial charge in [0.05, 0.1) is 6.42 Å². The maximum Gasteiger partial charge on any atom is 0.236 e. The van der Waals surface area contributed by atoms with Crippen molar-refractivity contribution in [2.24, 2.45) is 0 Å². The minimum atomic E-state index is 0.0458. The highest BCUT2D eigenvalue weighted by molar-refractivity contribution is 5.81. The fourth-order valence-electron chi connectivity index (χ4n) is 1.71. The smallest absolute Gasteiger partial charge is 0.236 e. The molecule has 0 unspecified atom stereocenters. The zero-order valence-electron chi connectivity index (χ0n) is 9.47. The molecule has 0 saturated heterocycles. The van der Waals surface area contributed by atoms with Gasteiger partial charge in [0.15, 0.2) is 0 Å². The van der Waals surface area contributed by atoms with Gasteiger partial charge in [0.1, 0.15) is 6.33 Å². The van der Waals surface area contributed by atoms with Gasteiger partial charge in [-0.1, -0.05) is 23.8 Å². The van der Waals surface area contributed by atoms with E-state index in [4.69, 9.17) is 0 Å². The molecule has 0 N–H and O–H groups in total. The first-order chi connectivity index (χ1) is 7.66. The Balaban J connectivity index is 2.18. The minimum absolute atomic E-state index is 0.0458. The number of nitrogens with zero attached hydrogens (tertiary/aromatic N) is 2. The van der Waals surface area contributed by atoms with E-state index in [0.29, 0.717) is 6.42 Å². The molecule has 16 heavy (non-hydrogen) atoms. The number of imidazole rings is 1. The molecule has 1 heterocycles. The molecule has 0 aliphatic rings. The first-order valence-electron chi connectivity index (χ1n) is 5.24. The number of carbonyl (C=O) groups is 1. The van der Waals surface area contributed by atoms with E-state index in [0.717, 1.165) is 11.1 Å². The van der Waals surface area contributed by atoms with Crippen molar-refractivity contribution in [3.05, 3.63) is 53.6 Å². The molecule has 2 aromatic rings. The van der Waals surface area contributed by atoms with Gasteiger partial charge < -0.3 is 0 Å². The molecule has 3 heteroatoms. The molecular formula is C13H14N2O. The van der Waals surface area contributed by atoms with Crippen LogP contribution < -0.4 is 0 Å². The highest BCUT2D eigenvalue weighted by Crippen LogP contribution is 2.11. The Morgan fingerprint density at radius 1 is 1.38 bits per heavy atom. The highest BCUT2D eigenvalue weighted by Gasteiger charge is 2.07. The van der Waals surface area contributed by atoms with Crippen LogP contribution >= 0.6 is 0 Å². The summed E-state index contributed by atoms with van der Waals surface area (Å²) in [6.07, 6.45) is 5.24. The van der Waals surface area contributed by atoms with Crippen LogP contribution in [0.2, 0.25) is 0 Å². The highest BCUT2D eigenvalue weighted by atomic mass is 16.2. The maximum absolute atomic E-state index is 11.8. The summed E-state index contributed by atoms with van der Waals surface area (Å²) in [4.78, 5) is 15.7. The fraction of sp³-hybridized carbons (Fsp3) is 0.231. The van der Waals surface area contributed by atoms with Crippen molar-refractivity contribution in [1.82, 2.24) is 9.55 Å². The summed E-state index contributed by atoms with van der Waals surface area (Å²) in [6, 6.07) is 6.14. The first-order valence-corrected chi connectivity index (χ1v) is 5.24. The summed E-state index contributed by atoms with van der Waals surface area (Å²) < 4.78 is 1.51. The van der Waals surface area contributed by atoms with E-state index in [1.54, 1.807) is 12.4 Å². The lowest BCUT2D eigenvalue weighted by atomic mass is 10.0. The van der Waals surface area contributed by atoms with E-state index in [1.165, 1.54) is 16.5 Å². The Morgan fingerprint density at radius 2 is 2.19 bits per heavy atom. The van der Waals surface area contributed by atoms with E-state index in [2.05, 4.69) is 18.0 Å². The van der Waals surface area contributed by atoms with Crippen molar-refractivity contribution in [2.75, 3.05) is 0 Å². The van der Waals surface area contributed by atoms with Gasteiger partial charge in [-0.25, -0.2) is 4.98 Å². The Hall–Kier alpha value is -1.90. The molecule has 1 aromatic carbocycles. The number of benzene rings is 1. The van der Waals surface area contributed by atoms with Gasteiger partial charge in [-0.3, -0.25) is 9.36 Å². The molecule has 3 nitrogen and oxygen atoms in total. The van der Waals surface area contributed by atoms with E-state index in [9.17, 15) is 4.79 Å². The Bertz CT molecular complexity index is 501. The van der Waals surface area contributed by atoms with E-state index < -0.39 is 0 Å². The molecular weight excluding hydrogens is 200 g/mol. The molecule has 0 amide bonds. The standard InChI is InChI=1S/C13H14N2O/c1-10-3-4-12(11(2)7-10)8-13(16)15-6-5-14-9-15/h3-7,9H,8H2,1-2H3. The van der Waals surface area contributed by atoms with Crippen LogP contribution in [0.3, 0.4) is 0 Å². The summed E-state index contributed by atoms with van der Waals surface area (Å²) in [5.74, 6) is 0.0458. The van der Waals surface area contributed by atoms with Crippen LogP contribution in [0.15, 0.2) is 36.9 Å². The van der Waals surface area contributed by atoms with Gasteiger partial charge >= 0.3 is 0 Å². The number of hydrogen-bond acceptors (Lipinski definition) is 2. The average molecular weight is 214 g/mol. The molecule has 0 saturated carbocycles. The normalized spacial score (nSPS) is 10.4. The topological polar surface area (TPSA) is 34.9 Å². The zero-order chi connectivity index (χ0) is 11.5. The summed E-state index contributed by atoms with van der Waals surface area (Å²) in [5.41, 5.74) is 3.45. The van der Waals surface area contributed by atoms with Crippen LogP contribution in [0, 0.1) is 13.8 Å². The van der Waals surface area contributed by atoms with Crippen molar-refractivity contribution >= 4 is 5.91 Å². The second-order valence-electron chi connectivity index (χ2n) is 3.97. The van der Waals surface area contributed by atoms with Gasteiger partial charge in [-0.15, -0.1) is 0 Å². The van der Waals surface area contributed by atoms with E-state index >= 15 is 0 Å². The second-order valence-corrected chi connectivity index (χ2v) is 3.97. The third-order valence-electron chi connectivity index (χ3n) is 2.63. The van der Waals surface area contributed by atoms with E-state index in [1.807, 2.05) is 19.1 Å². The number of aryl methyl sites for hydroxylation is 2. The predicted octanol–water partition coefficient (Wildman–Crippen LogP) is 2.38. The molecule has 0 aliphatic carbocycles. The van der Waals surface area contributed by atoms with Crippen molar-refractivity contribution < 1.29 is 4.79 Å². The van der Waals surface area contributed by atoms with Crippen LogP contribution in [0.1, 0.15) is 21.5 Å².